The summed E-state index contributed by atoms with van der Waals surface area (Å²) in [4.78, 5) is 12.9. The number of benzene rings is 2. The maximum absolute atomic E-state index is 12.8. The van der Waals surface area contributed by atoms with Crippen molar-refractivity contribution in [1.82, 2.24) is 5.32 Å². The van der Waals surface area contributed by atoms with E-state index in [4.69, 9.17) is 4.74 Å². The Morgan fingerprint density at radius 1 is 1.11 bits per heavy atom. The van der Waals surface area contributed by atoms with E-state index in [1.54, 1.807) is 17.5 Å². The maximum atomic E-state index is 12.8. The van der Waals surface area contributed by atoms with Crippen LogP contribution in [0.3, 0.4) is 0 Å². The molecule has 2 aromatic carbocycles. The molecule has 3 aromatic rings. The average Bonchev–Trinajstić information content (AvgIpc) is 3.32. The van der Waals surface area contributed by atoms with Crippen molar-refractivity contribution < 1.29 is 17.9 Å². The number of fused-ring (bicyclic) bond motifs is 1. The zero-order valence-electron chi connectivity index (χ0n) is 15.0. The van der Waals surface area contributed by atoms with Crippen molar-refractivity contribution in [2.45, 2.75) is 17.9 Å². The smallest absolute Gasteiger partial charge is 0.263 e. The monoisotopic (exact) mass is 414 g/mol. The molecule has 1 amide bonds. The lowest BCUT2D eigenvalue weighted by Crippen LogP contribution is -2.30. The standard InChI is InChI=1S/C20H18N2O4S2/c1-13-6-8-14(9-7-13)22-28(24,25)18-10-11-27-19(18)20(23)21-16-12-26-17-5-3-2-4-15(16)17/h2-11,16,22H,12H2,1H3,(H,21,23). The highest BCUT2D eigenvalue weighted by atomic mass is 32.2. The van der Waals surface area contributed by atoms with Gasteiger partial charge in [-0.3, -0.25) is 9.52 Å². The second-order valence-electron chi connectivity index (χ2n) is 6.46. The Morgan fingerprint density at radius 2 is 1.86 bits per heavy atom. The van der Waals surface area contributed by atoms with Gasteiger partial charge in [-0.25, -0.2) is 8.42 Å². The minimum absolute atomic E-state index is 0.0391. The quantitative estimate of drug-likeness (QED) is 0.666. The van der Waals surface area contributed by atoms with Gasteiger partial charge in [0.25, 0.3) is 15.9 Å². The minimum atomic E-state index is -3.88. The number of hydrogen-bond acceptors (Lipinski definition) is 5. The van der Waals surface area contributed by atoms with Gasteiger partial charge in [0.2, 0.25) is 0 Å². The van der Waals surface area contributed by atoms with E-state index in [-0.39, 0.29) is 15.8 Å². The molecule has 144 valence electrons. The molecule has 28 heavy (non-hydrogen) atoms. The van der Waals surface area contributed by atoms with E-state index >= 15 is 0 Å². The van der Waals surface area contributed by atoms with Crippen molar-refractivity contribution in [2.75, 3.05) is 11.3 Å². The molecule has 0 radical (unpaired) electrons. The molecule has 1 aliphatic rings. The number of nitrogens with one attached hydrogen (secondary N) is 2. The number of anilines is 1. The largest absolute Gasteiger partial charge is 0.491 e. The van der Waals surface area contributed by atoms with Crippen molar-refractivity contribution >= 4 is 33.0 Å². The van der Waals surface area contributed by atoms with Gasteiger partial charge in [0, 0.05) is 11.3 Å². The number of thiophene rings is 1. The van der Waals surface area contributed by atoms with Crippen LogP contribution < -0.4 is 14.8 Å². The van der Waals surface area contributed by atoms with E-state index in [0.717, 1.165) is 28.2 Å². The number of amides is 1. The first-order valence-electron chi connectivity index (χ1n) is 8.63. The van der Waals surface area contributed by atoms with Crippen LogP contribution in [0.5, 0.6) is 5.75 Å². The average molecular weight is 415 g/mol. The van der Waals surface area contributed by atoms with E-state index < -0.39 is 15.9 Å². The molecule has 0 fully saturated rings. The highest BCUT2D eigenvalue weighted by Gasteiger charge is 2.29. The predicted molar refractivity (Wildman–Crippen MR) is 108 cm³/mol. The predicted octanol–water partition coefficient (Wildman–Crippen LogP) is 3.72. The minimum Gasteiger partial charge on any atom is -0.491 e. The number of ether oxygens (including phenoxy) is 1. The molecule has 1 aliphatic heterocycles. The Kier molecular flexibility index (Phi) is 4.82. The van der Waals surface area contributed by atoms with E-state index in [9.17, 15) is 13.2 Å². The Labute approximate surface area is 167 Å². The van der Waals surface area contributed by atoms with E-state index in [1.165, 1.54) is 6.07 Å². The molecule has 1 unspecified atom stereocenters. The SMILES string of the molecule is Cc1ccc(NS(=O)(=O)c2ccsc2C(=O)NC2COc3ccccc32)cc1. The van der Waals surface area contributed by atoms with Gasteiger partial charge in [-0.15, -0.1) is 11.3 Å². The molecular weight excluding hydrogens is 396 g/mol. The Balaban J connectivity index is 1.55. The van der Waals surface area contributed by atoms with Gasteiger partial charge in [0.15, 0.2) is 0 Å². The van der Waals surface area contributed by atoms with Crippen LogP contribution in [0, 0.1) is 6.92 Å². The fraction of sp³-hybridized carbons (Fsp3) is 0.150. The van der Waals surface area contributed by atoms with Crippen LogP contribution in [0.4, 0.5) is 5.69 Å². The van der Waals surface area contributed by atoms with Crippen LogP contribution in [-0.2, 0) is 10.0 Å². The summed E-state index contributed by atoms with van der Waals surface area (Å²) in [6.45, 7) is 2.24. The van der Waals surface area contributed by atoms with Crippen molar-refractivity contribution in [3.63, 3.8) is 0 Å². The van der Waals surface area contributed by atoms with Gasteiger partial charge in [0.1, 0.15) is 22.1 Å². The van der Waals surface area contributed by atoms with E-state index in [2.05, 4.69) is 10.0 Å². The lowest BCUT2D eigenvalue weighted by Gasteiger charge is -2.13. The lowest BCUT2D eigenvalue weighted by molar-refractivity contribution is 0.0931. The summed E-state index contributed by atoms with van der Waals surface area (Å²) in [6, 6.07) is 15.6. The first-order chi connectivity index (χ1) is 13.4. The molecule has 1 aromatic heterocycles. The molecule has 0 aliphatic carbocycles. The highest BCUT2D eigenvalue weighted by molar-refractivity contribution is 7.93. The zero-order chi connectivity index (χ0) is 19.7. The first kappa shape index (κ1) is 18.5. The molecule has 2 heterocycles. The molecule has 0 bridgehead atoms. The molecular formula is C20H18N2O4S2. The summed E-state index contributed by atoms with van der Waals surface area (Å²) in [7, 11) is -3.88. The van der Waals surface area contributed by atoms with Crippen molar-refractivity contribution in [3.8, 4) is 5.75 Å². The van der Waals surface area contributed by atoms with Crippen molar-refractivity contribution in [3.05, 3.63) is 76.0 Å². The fourth-order valence-electron chi connectivity index (χ4n) is 3.01. The Morgan fingerprint density at radius 3 is 2.64 bits per heavy atom. The number of sulfonamides is 1. The maximum Gasteiger partial charge on any atom is 0.263 e. The number of rotatable bonds is 5. The molecule has 1 atom stereocenters. The second kappa shape index (κ2) is 7.29. The number of carbonyl (C=O) groups is 1. The Hall–Kier alpha value is -2.84. The van der Waals surface area contributed by atoms with Crippen LogP contribution >= 0.6 is 11.3 Å². The molecule has 0 saturated carbocycles. The van der Waals surface area contributed by atoms with Crippen LogP contribution in [0.1, 0.15) is 26.8 Å². The van der Waals surface area contributed by atoms with Crippen LogP contribution in [-0.4, -0.2) is 20.9 Å². The summed E-state index contributed by atoms with van der Waals surface area (Å²) < 4.78 is 33.7. The van der Waals surface area contributed by atoms with Crippen LogP contribution in [0.25, 0.3) is 0 Å². The summed E-state index contributed by atoms with van der Waals surface area (Å²) in [5.41, 5.74) is 2.36. The topological polar surface area (TPSA) is 84.5 Å². The first-order valence-corrected chi connectivity index (χ1v) is 11.0. The summed E-state index contributed by atoms with van der Waals surface area (Å²) >= 11 is 1.09. The van der Waals surface area contributed by atoms with Crippen LogP contribution in [0.15, 0.2) is 64.9 Å². The molecule has 6 nitrogen and oxygen atoms in total. The Bertz CT molecular complexity index is 1120. The van der Waals surface area contributed by atoms with Gasteiger partial charge in [0.05, 0.1) is 6.04 Å². The van der Waals surface area contributed by atoms with Gasteiger partial charge in [-0.05, 0) is 36.6 Å². The number of carbonyl (C=O) groups excluding carboxylic acids is 1. The van der Waals surface area contributed by atoms with E-state index in [0.29, 0.717) is 12.3 Å². The molecule has 0 spiro atoms. The highest BCUT2D eigenvalue weighted by Crippen LogP contribution is 2.32. The third-order valence-electron chi connectivity index (χ3n) is 4.43. The number of aryl methyl sites for hydroxylation is 1. The normalized spacial score (nSPS) is 15.5. The second-order valence-corrected chi connectivity index (χ2v) is 9.03. The van der Waals surface area contributed by atoms with Gasteiger partial charge >= 0.3 is 0 Å². The zero-order valence-corrected chi connectivity index (χ0v) is 16.6. The molecule has 2 N–H and O–H groups in total. The number of para-hydroxylation sites is 1. The summed E-state index contributed by atoms with van der Waals surface area (Å²) in [5.74, 6) is 0.289. The number of hydrogen-bond donors (Lipinski definition) is 2. The van der Waals surface area contributed by atoms with E-state index in [1.807, 2.05) is 43.3 Å². The fourth-order valence-corrected chi connectivity index (χ4v) is 5.40. The van der Waals surface area contributed by atoms with Crippen molar-refractivity contribution in [2.24, 2.45) is 0 Å². The molecule has 0 saturated heterocycles. The molecule has 8 heteroatoms. The van der Waals surface area contributed by atoms with Gasteiger partial charge in [-0.1, -0.05) is 35.9 Å². The lowest BCUT2D eigenvalue weighted by atomic mass is 10.1. The summed E-state index contributed by atoms with van der Waals surface area (Å²) in [5, 5.41) is 4.47. The molecule has 4 rings (SSSR count). The van der Waals surface area contributed by atoms with Gasteiger partial charge in [-0.2, -0.15) is 0 Å². The van der Waals surface area contributed by atoms with Gasteiger partial charge < -0.3 is 10.1 Å². The third-order valence-corrected chi connectivity index (χ3v) is 6.90. The summed E-state index contributed by atoms with van der Waals surface area (Å²) in [6.07, 6.45) is 0. The van der Waals surface area contributed by atoms with Crippen LogP contribution in [0.2, 0.25) is 0 Å². The van der Waals surface area contributed by atoms with Crippen molar-refractivity contribution in [1.29, 1.82) is 0 Å². The third kappa shape index (κ3) is 3.61.